The first-order valence-electron chi connectivity index (χ1n) is 12.0. The summed E-state index contributed by atoms with van der Waals surface area (Å²) in [5.74, 6) is 0. The van der Waals surface area contributed by atoms with Gasteiger partial charge in [-0.2, -0.15) is 0 Å². The van der Waals surface area contributed by atoms with E-state index in [1.54, 1.807) is 0 Å². The minimum absolute atomic E-state index is 1.17. The van der Waals surface area contributed by atoms with E-state index in [0.717, 1.165) is 0 Å². The van der Waals surface area contributed by atoms with E-state index in [2.05, 4.69) is 102 Å². The first-order chi connectivity index (χ1) is 15.3. The van der Waals surface area contributed by atoms with E-state index < -0.39 is 7.40 Å². The normalized spacial score (nSPS) is 11.0. The highest BCUT2D eigenvalue weighted by Crippen LogP contribution is 2.14. The van der Waals surface area contributed by atoms with Gasteiger partial charge in [-0.25, -0.2) is 0 Å². The Kier molecular flexibility index (Phi) is 15.9. The Labute approximate surface area is 196 Å². The second-order valence-electron chi connectivity index (χ2n) is 8.14. The van der Waals surface area contributed by atoms with E-state index in [-0.39, 0.29) is 0 Å². The third-order valence-corrected chi connectivity index (χ3v) is 6.75. The first kappa shape index (κ1) is 30.3. The molecule has 32 heavy (non-hydrogen) atoms. The van der Waals surface area contributed by atoms with Crippen LogP contribution in [0.5, 0.6) is 0 Å². The van der Waals surface area contributed by atoms with Gasteiger partial charge in [0.05, 0.1) is 39.3 Å². The van der Waals surface area contributed by atoms with Crippen LogP contribution in [0.2, 0.25) is 0 Å². The number of rotatable bonds is 10. The van der Waals surface area contributed by atoms with E-state index in [1.165, 1.54) is 72.5 Å². The molecule has 0 aliphatic carbocycles. The van der Waals surface area contributed by atoms with Crippen LogP contribution in [0.4, 0.5) is 4.32 Å². The highest BCUT2D eigenvalue weighted by Gasteiger charge is 2.21. The zero-order valence-corrected chi connectivity index (χ0v) is 21.1. The first-order valence-corrected chi connectivity index (χ1v) is 12.0. The molecule has 0 aliphatic heterocycles. The molecule has 0 heterocycles. The van der Waals surface area contributed by atoms with Crippen molar-refractivity contribution in [1.82, 2.24) is 0 Å². The lowest BCUT2D eigenvalue weighted by Gasteiger charge is -2.35. The molecule has 0 N–H and O–H groups in total. The Hall–Kier alpha value is -1.73. The number of hydrogen-bond donors (Lipinski definition) is 0. The molecule has 180 valence electrons. The van der Waals surface area contributed by atoms with Gasteiger partial charge in [-0.3, -0.25) is 0 Å². The second-order valence-corrected chi connectivity index (χ2v) is 8.14. The van der Waals surface area contributed by atoms with Crippen LogP contribution in [0.3, 0.4) is 0 Å². The van der Waals surface area contributed by atoms with Gasteiger partial charge in [0, 0.05) is 11.1 Å². The molecule has 4 nitrogen and oxygen atoms in total. The lowest BCUT2D eigenvalue weighted by atomic mass is 10.2. The van der Waals surface area contributed by atoms with E-state index in [4.69, 9.17) is 10.0 Å². The average molecular weight is 446 g/mol. The molecular weight excluding hydrogens is 402 g/mol. The van der Waals surface area contributed by atoms with Crippen molar-refractivity contribution in [3.63, 3.8) is 0 Å². The van der Waals surface area contributed by atoms with Gasteiger partial charge >= 0.3 is 0 Å². The molecule has 0 unspecified atom stereocenters. The van der Waals surface area contributed by atoms with Crippen molar-refractivity contribution in [2.75, 3.05) is 39.3 Å². The van der Waals surface area contributed by atoms with Crippen molar-refractivity contribution >= 4 is 7.40 Å². The summed E-state index contributed by atoms with van der Waals surface area (Å²) in [4.78, 5) is 0. The van der Waals surface area contributed by atoms with E-state index >= 15 is 0 Å². The summed E-state index contributed by atoms with van der Waals surface area (Å²) in [6.07, 6.45) is 0. The van der Waals surface area contributed by atoms with E-state index in [0.29, 0.717) is 0 Å². The molecule has 0 bridgehead atoms. The number of hydrogen-bond acceptors (Lipinski definition) is 2. The number of benzene rings is 2. The molecule has 0 atom stereocenters. The van der Waals surface area contributed by atoms with Crippen molar-refractivity contribution in [2.45, 2.75) is 54.6 Å². The highest BCUT2D eigenvalue weighted by atomic mass is 19.1. The quantitative estimate of drug-likeness (QED) is 0.412. The lowest BCUT2D eigenvalue weighted by molar-refractivity contribution is -0.936. The highest BCUT2D eigenvalue weighted by molar-refractivity contribution is 6.27. The molecule has 0 aromatic heterocycles. The number of halogens is 1. The van der Waals surface area contributed by atoms with Crippen LogP contribution < -0.4 is 10.0 Å². The van der Waals surface area contributed by atoms with Crippen LogP contribution >= 0.6 is 0 Å². The third-order valence-electron chi connectivity index (χ3n) is 6.75. The van der Waals surface area contributed by atoms with Gasteiger partial charge in [-0.15, -0.1) is 0 Å². The van der Waals surface area contributed by atoms with Crippen molar-refractivity contribution in [1.29, 1.82) is 0 Å². The SMILES string of the molecule is CC[N+](CC)(CC)Cc1ccccc1.CC[N+](CC)(CC)Cc1ccccc1.[O-]B([O-])F. The molecule has 0 amide bonds. The average Bonchev–Trinajstić information content (AvgIpc) is 2.83. The molecule has 6 heteroatoms. The van der Waals surface area contributed by atoms with E-state index in [1.807, 2.05) is 0 Å². The van der Waals surface area contributed by atoms with Crippen LogP contribution in [0.1, 0.15) is 52.7 Å². The lowest BCUT2D eigenvalue weighted by Crippen LogP contribution is -2.46. The number of quaternary nitrogens is 2. The Morgan fingerprint density at radius 2 is 0.781 bits per heavy atom. The van der Waals surface area contributed by atoms with Crippen LogP contribution in [0, 0.1) is 0 Å². The summed E-state index contributed by atoms with van der Waals surface area (Å²) in [5.41, 5.74) is 2.91. The van der Waals surface area contributed by atoms with E-state index in [9.17, 15) is 4.32 Å². The number of nitrogens with zero attached hydrogens (tertiary/aromatic N) is 2. The topological polar surface area (TPSA) is 46.1 Å². The molecule has 0 saturated carbocycles. The molecule has 0 spiro atoms. The van der Waals surface area contributed by atoms with Crippen molar-refractivity contribution in [3.8, 4) is 0 Å². The molecule has 0 radical (unpaired) electrons. The van der Waals surface area contributed by atoms with Crippen molar-refractivity contribution in [3.05, 3.63) is 71.8 Å². The fourth-order valence-corrected chi connectivity index (χ4v) is 3.95. The van der Waals surface area contributed by atoms with Gasteiger partial charge in [0.25, 0.3) is 0 Å². The molecule has 0 saturated heterocycles. The Bertz CT molecular complexity index is 602. The second kappa shape index (κ2) is 16.8. The van der Waals surface area contributed by atoms with Crippen LogP contribution in [-0.2, 0) is 13.1 Å². The maximum Gasteiger partial charge on any atom is 0.121 e. The predicted octanol–water partition coefficient (Wildman–Crippen LogP) is 3.79. The fraction of sp³-hybridized carbons (Fsp3) is 0.538. The summed E-state index contributed by atoms with van der Waals surface area (Å²) in [6, 6.07) is 21.6. The van der Waals surface area contributed by atoms with Crippen LogP contribution in [-0.4, -0.2) is 55.6 Å². The molecule has 2 aromatic carbocycles. The maximum absolute atomic E-state index is 9.89. The third kappa shape index (κ3) is 11.8. The monoisotopic (exact) mass is 446 g/mol. The minimum Gasteiger partial charge on any atom is -0.867 e. The summed E-state index contributed by atoms with van der Waals surface area (Å²) >= 11 is 0. The van der Waals surface area contributed by atoms with Crippen molar-refractivity contribution in [2.24, 2.45) is 0 Å². The zero-order valence-electron chi connectivity index (χ0n) is 21.1. The maximum atomic E-state index is 9.89. The molecule has 2 aromatic rings. The van der Waals surface area contributed by atoms with Gasteiger partial charge in [0.2, 0.25) is 0 Å². The fourth-order valence-electron chi connectivity index (χ4n) is 3.95. The largest absolute Gasteiger partial charge is 0.867 e. The molecular formula is C26H44BFN2O2. The summed E-state index contributed by atoms with van der Waals surface area (Å²) in [5, 5.41) is 16.6. The zero-order chi connectivity index (χ0) is 24.5. The van der Waals surface area contributed by atoms with Crippen molar-refractivity contribution < 1.29 is 23.3 Å². The standard InChI is InChI=1S/2C13H22N.BFO2/c2*1-4-14(5-2,6-3)12-13-10-8-7-9-11-13;2-1(3)4/h2*7-11H,4-6,12H2,1-3H3;/q2*+1;-2. The summed E-state index contributed by atoms with van der Waals surface area (Å²) in [7, 11) is -3.17. The Morgan fingerprint density at radius 3 is 0.969 bits per heavy atom. The van der Waals surface area contributed by atoms with Crippen LogP contribution in [0.25, 0.3) is 0 Å². The summed E-state index contributed by atoms with van der Waals surface area (Å²) < 4.78 is 12.3. The Morgan fingerprint density at radius 1 is 0.562 bits per heavy atom. The van der Waals surface area contributed by atoms with Crippen LogP contribution in [0.15, 0.2) is 60.7 Å². The van der Waals surface area contributed by atoms with Gasteiger partial charge < -0.3 is 23.3 Å². The van der Waals surface area contributed by atoms with Gasteiger partial charge in [-0.05, 0) is 41.5 Å². The van der Waals surface area contributed by atoms with Gasteiger partial charge in [0.1, 0.15) is 20.5 Å². The molecule has 2 rings (SSSR count). The predicted molar refractivity (Wildman–Crippen MR) is 131 cm³/mol. The smallest absolute Gasteiger partial charge is 0.121 e. The minimum atomic E-state index is -3.17. The van der Waals surface area contributed by atoms with Gasteiger partial charge in [0.15, 0.2) is 0 Å². The van der Waals surface area contributed by atoms with Gasteiger partial charge in [-0.1, -0.05) is 60.7 Å². The molecule has 0 aliphatic rings. The molecule has 0 fully saturated rings. The Balaban J connectivity index is 0.000000515. The summed E-state index contributed by atoms with van der Waals surface area (Å²) in [6.45, 7) is 23.4.